The van der Waals surface area contributed by atoms with E-state index in [0.29, 0.717) is 44.9 Å². The number of nitrogens with two attached hydrogens (primary N) is 1. The van der Waals surface area contributed by atoms with Crippen molar-refractivity contribution in [2.45, 2.75) is 26.4 Å². The Morgan fingerprint density at radius 1 is 0.977 bits per heavy atom. The number of nitrogens with zero attached hydrogens (tertiary/aromatic N) is 1. The van der Waals surface area contributed by atoms with Crippen molar-refractivity contribution in [2.75, 3.05) is 0 Å². The summed E-state index contributed by atoms with van der Waals surface area (Å²) in [6, 6.07) is 25.6. The highest BCUT2D eigenvalue weighted by Crippen LogP contribution is 2.44. The van der Waals surface area contributed by atoms with Crippen molar-refractivity contribution in [3.8, 4) is 23.3 Å². The van der Waals surface area contributed by atoms with Gasteiger partial charge in [-0.25, -0.2) is 4.79 Å². The maximum absolute atomic E-state index is 13.1. The molecule has 1 aromatic heterocycles. The number of rotatable bonds is 6. The van der Waals surface area contributed by atoms with Crippen molar-refractivity contribution in [1.82, 2.24) is 0 Å². The van der Waals surface area contributed by atoms with Crippen molar-refractivity contribution in [1.29, 1.82) is 5.26 Å². The molecule has 0 aliphatic carbocycles. The average molecular weight is 611 g/mol. The lowest BCUT2D eigenvalue weighted by molar-refractivity contribution is 0.0702. The van der Waals surface area contributed by atoms with Crippen LogP contribution in [0, 0.1) is 25.2 Å². The highest BCUT2D eigenvalue weighted by Gasteiger charge is 2.31. The van der Waals surface area contributed by atoms with Gasteiger partial charge in [0.15, 0.2) is 0 Å². The molecule has 1 aliphatic heterocycles. The monoisotopic (exact) mass is 610 g/mol. The van der Waals surface area contributed by atoms with Crippen LogP contribution in [0.1, 0.15) is 44.3 Å². The van der Waals surface area contributed by atoms with Gasteiger partial charge in [-0.05, 0) is 73.0 Å². The first-order valence-corrected chi connectivity index (χ1v) is 14.1. The zero-order valence-corrected chi connectivity index (χ0v) is 24.6. The summed E-state index contributed by atoms with van der Waals surface area (Å²) in [5.41, 5.74) is 11.0. The van der Waals surface area contributed by atoms with E-state index < -0.39 is 11.9 Å². The van der Waals surface area contributed by atoms with Gasteiger partial charge in [0.05, 0.1) is 5.92 Å². The summed E-state index contributed by atoms with van der Waals surface area (Å²) in [4.78, 5) is 13.1. The van der Waals surface area contributed by atoms with Crippen molar-refractivity contribution >= 4 is 40.1 Å². The Kier molecular flexibility index (Phi) is 7.49. The Bertz CT molecular complexity index is 1950. The number of benzene rings is 4. The normalized spacial score (nSPS) is 14.2. The van der Waals surface area contributed by atoms with E-state index in [1.807, 2.05) is 55.5 Å². The van der Waals surface area contributed by atoms with Crippen LogP contribution in [0.25, 0.3) is 11.0 Å². The zero-order chi connectivity index (χ0) is 30.2. The number of nitriles is 1. The topological polar surface area (TPSA) is 108 Å². The second-order valence-electron chi connectivity index (χ2n) is 10.2. The molecule has 0 saturated heterocycles. The first-order chi connectivity index (χ1) is 20.7. The molecule has 4 aromatic carbocycles. The summed E-state index contributed by atoms with van der Waals surface area (Å²) < 4.78 is 23.2. The molecule has 1 aliphatic rings. The standard InChI is InChI=1S/C34H24Cl2N2O5/c1-18-13-29-26(15-28(18)36)19(2)32(42-29)34(39)41-24-11-12-25-30(14-24)43-33(38)27(16-37)31(25)21-5-9-23(10-6-21)40-17-20-3-7-22(35)8-4-20/h3-15,31H,17,38H2,1-2H3. The zero-order valence-electron chi connectivity index (χ0n) is 23.1. The maximum atomic E-state index is 13.1. The quantitative estimate of drug-likeness (QED) is 0.152. The molecule has 5 aromatic rings. The van der Waals surface area contributed by atoms with Gasteiger partial charge in [0.2, 0.25) is 11.6 Å². The molecule has 0 fully saturated rings. The lowest BCUT2D eigenvalue weighted by Crippen LogP contribution is -2.21. The minimum absolute atomic E-state index is 0.0214. The largest absolute Gasteiger partial charge is 0.489 e. The summed E-state index contributed by atoms with van der Waals surface area (Å²) in [6.45, 7) is 4.02. The predicted octanol–water partition coefficient (Wildman–Crippen LogP) is 8.37. The fourth-order valence-corrected chi connectivity index (χ4v) is 5.33. The number of fused-ring (bicyclic) bond motifs is 2. The minimum atomic E-state index is -0.662. The van der Waals surface area contributed by atoms with Gasteiger partial charge in [-0.1, -0.05) is 53.5 Å². The highest BCUT2D eigenvalue weighted by atomic mass is 35.5. The smallest absolute Gasteiger partial charge is 0.379 e. The van der Waals surface area contributed by atoms with Crippen molar-refractivity contribution in [3.63, 3.8) is 0 Å². The predicted molar refractivity (Wildman–Crippen MR) is 164 cm³/mol. The molecule has 0 amide bonds. The van der Waals surface area contributed by atoms with Crippen LogP contribution in [-0.4, -0.2) is 5.97 Å². The van der Waals surface area contributed by atoms with E-state index in [9.17, 15) is 10.1 Å². The molecular weight excluding hydrogens is 587 g/mol. The molecule has 1 unspecified atom stereocenters. The molecule has 0 saturated carbocycles. The van der Waals surface area contributed by atoms with Crippen LogP contribution in [0.15, 0.2) is 94.7 Å². The Labute approximate surface area is 257 Å². The fraction of sp³-hybridized carbons (Fsp3) is 0.118. The number of ether oxygens (including phenoxy) is 3. The van der Waals surface area contributed by atoms with Gasteiger partial charge >= 0.3 is 5.97 Å². The van der Waals surface area contributed by atoms with Crippen LogP contribution in [-0.2, 0) is 6.61 Å². The lowest BCUT2D eigenvalue weighted by atomic mass is 9.83. The molecule has 0 spiro atoms. The van der Waals surface area contributed by atoms with E-state index in [4.69, 9.17) is 47.6 Å². The van der Waals surface area contributed by atoms with Gasteiger partial charge in [-0.15, -0.1) is 0 Å². The van der Waals surface area contributed by atoms with Crippen LogP contribution in [0.4, 0.5) is 0 Å². The number of allylic oxidation sites excluding steroid dienone is 1. The molecule has 7 nitrogen and oxygen atoms in total. The third-order valence-corrected chi connectivity index (χ3v) is 8.00. The van der Waals surface area contributed by atoms with Gasteiger partial charge in [0, 0.05) is 32.6 Å². The van der Waals surface area contributed by atoms with Crippen LogP contribution < -0.4 is 19.9 Å². The Morgan fingerprint density at radius 2 is 1.70 bits per heavy atom. The SMILES string of the molecule is Cc1cc2oc(C(=O)Oc3ccc4c(c3)OC(N)=C(C#N)C4c3ccc(OCc4ccc(Cl)cc4)cc3)c(C)c2cc1Cl. The van der Waals surface area contributed by atoms with Gasteiger partial charge in [-0.2, -0.15) is 5.26 Å². The van der Waals surface area contributed by atoms with E-state index >= 15 is 0 Å². The van der Waals surface area contributed by atoms with E-state index in [2.05, 4.69) is 6.07 Å². The molecule has 2 heterocycles. The molecule has 6 rings (SSSR count). The number of esters is 1. The number of aryl methyl sites for hydroxylation is 2. The van der Waals surface area contributed by atoms with E-state index in [0.717, 1.165) is 22.1 Å². The number of carbonyl (C=O) groups excluding carboxylic acids is 1. The molecule has 214 valence electrons. The summed E-state index contributed by atoms with van der Waals surface area (Å²) in [5, 5.41) is 11.9. The second kappa shape index (κ2) is 11.4. The molecular formula is C34H24Cl2N2O5. The number of halogens is 2. The molecule has 9 heteroatoms. The Balaban J connectivity index is 1.24. The molecule has 2 N–H and O–H groups in total. The lowest BCUT2D eigenvalue weighted by Gasteiger charge is -2.26. The number of hydrogen-bond donors (Lipinski definition) is 1. The van der Waals surface area contributed by atoms with Crippen LogP contribution >= 0.6 is 23.2 Å². The first-order valence-electron chi connectivity index (χ1n) is 13.3. The van der Waals surface area contributed by atoms with Crippen LogP contribution in [0.3, 0.4) is 0 Å². The van der Waals surface area contributed by atoms with E-state index in [1.165, 1.54) is 0 Å². The second-order valence-corrected chi connectivity index (χ2v) is 11.0. The van der Waals surface area contributed by atoms with Crippen molar-refractivity contribution in [2.24, 2.45) is 5.73 Å². The maximum Gasteiger partial charge on any atom is 0.379 e. The highest BCUT2D eigenvalue weighted by molar-refractivity contribution is 6.32. The number of furan rings is 1. The average Bonchev–Trinajstić information content (AvgIpc) is 3.31. The van der Waals surface area contributed by atoms with Crippen LogP contribution in [0.5, 0.6) is 17.2 Å². The summed E-state index contributed by atoms with van der Waals surface area (Å²) in [7, 11) is 0. The third-order valence-electron chi connectivity index (χ3n) is 7.34. The molecule has 0 radical (unpaired) electrons. The summed E-state index contributed by atoms with van der Waals surface area (Å²) in [6.07, 6.45) is 0. The third kappa shape index (κ3) is 5.51. The Hall–Kier alpha value is -4.90. The molecule has 1 atom stereocenters. The van der Waals surface area contributed by atoms with E-state index in [-0.39, 0.29) is 23.0 Å². The minimum Gasteiger partial charge on any atom is -0.489 e. The summed E-state index contributed by atoms with van der Waals surface area (Å²) in [5.74, 6) is 0.181. The molecule has 0 bridgehead atoms. The van der Waals surface area contributed by atoms with Gasteiger partial charge in [0.25, 0.3) is 0 Å². The van der Waals surface area contributed by atoms with E-state index in [1.54, 1.807) is 37.3 Å². The van der Waals surface area contributed by atoms with Crippen molar-refractivity contribution < 1.29 is 23.4 Å². The summed E-state index contributed by atoms with van der Waals surface area (Å²) >= 11 is 12.2. The van der Waals surface area contributed by atoms with Crippen molar-refractivity contribution in [3.05, 3.63) is 134 Å². The van der Waals surface area contributed by atoms with Gasteiger partial charge < -0.3 is 24.4 Å². The number of hydrogen-bond acceptors (Lipinski definition) is 7. The Morgan fingerprint density at radius 3 is 2.42 bits per heavy atom. The fourth-order valence-electron chi connectivity index (χ4n) is 5.04. The molecule has 43 heavy (non-hydrogen) atoms. The van der Waals surface area contributed by atoms with Crippen LogP contribution in [0.2, 0.25) is 10.0 Å². The number of carbonyl (C=O) groups is 1. The first kappa shape index (κ1) is 28.2. The van der Waals surface area contributed by atoms with Gasteiger partial charge in [-0.3, -0.25) is 0 Å². The van der Waals surface area contributed by atoms with Gasteiger partial charge in [0.1, 0.15) is 41.1 Å².